The van der Waals surface area contributed by atoms with Crippen LogP contribution in [-0.2, 0) is 19.0 Å². The van der Waals surface area contributed by atoms with E-state index in [1.165, 1.54) is 7.11 Å². The summed E-state index contributed by atoms with van der Waals surface area (Å²) in [5, 5.41) is 20.1. The van der Waals surface area contributed by atoms with Crippen molar-refractivity contribution < 1.29 is 19.0 Å². The Balaban J connectivity index is 1.88. The fourth-order valence-corrected chi connectivity index (χ4v) is 5.04. The van der Waals surface area contributed by atoms with Crippen molar-refractivity contribution >= 4 is 5.97 Å². The quantitative estimate of drug-likeness (QED) is 0.661. The zero-order chi connectivity index (χ0) is 23.6. The molecular weight excluding hydrogens is 418 g/mol. The molecule has 0 saturated carbocycles. The van der Waals surface area contributed by atoms with Crippen LogP contribution in [0.3, 0.4) is 0 Å². The van der Waals surface area contributed by atoms with Gasteiger partial charge >= 0.3 is 5.97 Å². The number of benzene rings is 2. The van der Waals surface area contributed by atoms with E-state index in [0.29, 0.717) is 0 Å². The number of nitrogens with zero attached hydrogens (tertiary/aromatic N) is 3. The van der Waals surface area contributed by atoms with Crippen molar-refractivity contribution in [3.63, 3.8) is 0 Å². The fraction of sp³-hybridized carbons (Fsp3) is 0.423. The summed E-state index contributed by atoms with van der Waals surface area (Å²) in [4.78, 5) is 15.0. The van der Waals surface area contributed by atoms with Gasteiger partial charge < -0.3 is 14.2 Å². The predicted octanol–water partition coefficient (Wildman–Crippen LogP) is 3.76. The molecule has 0 aromatic heterocycles. The number of rotatable bonds is 4. The molecule has 170 valence electrons. The Morgan fingerprint density at radius 1 is 1.00 bits per heavy atom. The molecule has 33 heavy (non-hydrogen) atoms. The lowest BCUT2D eigenvalue weighted by Gasteiger charge is -2.47. The maximum absolute atomic E-state index is 13.0. The highest BCUT2D eigenvalue weighted by Gasteiger charge is 2.58. The molecule has 2 aliphatic heterocycles. The molecule has 7 nitrogen and oxygen atoms in total. The predicted molar refractivity (Wildman–Crippen MR) is 119 cm³/mol. The van der Waals surface area contributed by atoms with E-state index in [1.54, 1.807) is 0 Å². The average Bonchev–Trinajstić information content (AvgIpc) is 3.18. The lowest BCUT2D eigenvalue weighted by Crippen LogP contribution is -2.56. The van der Waals surface area contributed by atoms with Gasteiger partial charge in [-0.1, -0.05) is 60.7 Å². The van der Waals surface area contributed by atoms with Gasteiger partial charge in [0.05, 0.1) is 49.8 Å². The van der Waals surface area contributed by atoms with Crippen LogP contribution in [0.15, 0.2) is 60.7 Å². The van der Waals surface area contributed by atoms with Gasteiger partial charge in [0.15, 0.2) is 5.79 Å². The van der Waals surface area contributed by atoms with Crippen LogP contribution in [0, 0.1) is 34.5 Å². The number of hydrogen-bond donors (Lipinski definition) is 0. The highest BCUT2D eigenvalue weighted by molar-refractivity contribution is 5.77. The molecule has 2 unspecified atom stereocenters. The van der Waals surface area contributed by atoms with Crippen LogP contribution in [0.5, 0.6) is 0 Å². The Kier molecular flexibility index (Phi) is 6.49. The molecule has 2 aromatic carbocycles. The summed E-state index contributed by atoms with van der Waals surface area (Å²) in [5.74, 6) is -2.97. The van der Waals surface area contributed by atoms with Gasteiger partial charge in [0, 0.05) is 0 Å². The minimum atomic E-state index is -0.931. The van der Waals surface area contributed by atoms with Crippen molar-refractivity contribution in [2.75, 3.05) is 13.7 Å². The van der Waals surface area contributed by atoms with Crippen molar-refractivity contribution in [2.45, 2.75) is 43.9 Å². The van der Waals surface area contributed by atoms with Crippen LogP contribution in [0.2, 0.25) is 0 Å². The number of esters is 1. The standard InChI is InChI=1S/C26H27N3O4/c1-26(2)32-16-21(24(33-26)18-12-8-5-9-13-18)29-22(17-10-6-4-7-11-17)19(14-27)20(15-28)23(29)25(30)31-3/h4-13,19-24H,16H2,1-3H3/t19?,20-,21-,22+,23?,24-/m0/s1. The van der Waals surface area contributed by atoms with Gasteiger partial charge in [-0.2, -0.15) is 10.5 Å². The van der Waals surface area contributed by atoms with Crippen LogP contribution in [-0.4, -0.2) is 42.5 Å². The highest BCUT2D eigenvalue weighted by Crippen LogP contribution is 2.49. The van der Waals surface area contributed by atoms with E-state index in [4.69, 9.17) is 14.2 Å². The summed E-state index contributed by atoms with van der Waals surface area (Å²) in [5.41, 5.74) is 1.79. The molecule has 0 spiro atoms. The Labute approximate surface area is 194 Å². The smallest absolute Gasteiger partial charge is 0.324 e. The Morgan fingerprint density at radius 3 is 2.12 bits per heavy atom. The maximum Gasteiger partial charge on any atom is 0.324 e. The van der Waals surface area contributed by atoms with Crippen molar-refractivity contribution in [3.8, 4) is 12.1 Å². The second-order valence-electron chi connectivity index (χ2n) is 8.81. The third kappa shape index (κ3) is 4.24. The molecule has 2 aromatic rings. The number of carbonyl (C=O) groups is 1. The van der Waals surface area contributed by atoms with Gasteiger partial charge in [-0.25, -0.2) is 0 Å². The van der Waals surface area contributed by atoms with E-state index in [2.05, 4.69) is 12.1 Å². The van der Waals surface area contributed by atoms with Crippen molar-refractivity contribution in [1.29, 1.82) is 10.5 Å². The fourth-order valence-electron chi connectivity index (χ4n) is 5.04. The summed E-state index contributed by atoms with van der Waals surface area (Å²) in [7, 11) is 1.30. The maximum atomic E-state index is 13.0. The number of likely N-dealkylation sites (tertiary alicyclic amines) is 1. The number of ether oxygens (including phenoxy) is 3. The third-order valence-electron chi connectivity index (χ3n) is 6.46. The van der Waals surface area contributed by atoms with Crippen molar-refractivity contribution in [1.82, 2.24) is 4.90 Å². The van der Waals surface area contributed by atoms with E-state index >= 15 is 0 Å². The zero-order valence-electron chi connectivity index (χ0n) is 18.9. The molecule has 0 radical (unpaired) electrons. The number of nitriles is 2. The topological polar surface area (TPSA) is 95.6 Å². The molecule has 2 aliphatic rings. The van der Waals surface area contributed by atoms with E-state index in [0.717, 1.165) is 11.1 Å². The molecule has 4 rings (SSSR count). The first kappa shape index (κ1) is 22.9. The third-order valence-corrected chi connectivity index (χ3v) is 6.46. The van der Waals surface area contributed by atoms with E-state index in [-0.39, 0.29) is 6.61 Å². The Hall–Kier alpha value is -3.23. The van der Waals surface area contributed by atoms with Gasteiger partial charge in [-0.05, 0) is 25.0 Å². The molecule has 2 heterocycles. The largest absolute Gasteiger partial charge is 0.468 e. The van der Waals surface area contributed by atoms with Crippen LogP contribution in [0.1, 0.15) is 37.1 Å². The molecule has 2 fully saturated rings. The number of methoxy groups -OCH3 is 1. The van der Waals surface area contributed by atoms with Crippen molar-refractivity contribution in [2.24, 2.45) is 11.8 Å². The van der Waals surface area contributed by atoms with Gasteiger partial charge in [0.2, 0.25) is 0 Å². The lowest BCUT2D eigenvalue weighted by atomic mass is 9.86. The molecule has 6 atom stereocenters. The Morgan fingerprint density at radius 2 is 1.58 bits per heavy atom. The monoisotopic (exact) mass is 445 g/mol. The van der Waals surface area contributed by atoms with Gasteiger partial charge in [0.25, 0.3) is 0 Å². The number of hydrogen-bond acceptors (Lipinski definition) is 7. The summed E-state index contributed by atoms with van der Waals surface area (Å²) >= 11 is 0. The van der Waals surface area contributed by atoms with E-state index in [9.17, 15) is 15.3 Å². The van der Waals surface area contributed by atoms with Gasteiger partial charge in [0.1, 0.15) is 12.1 Å². The first-order chi connectivity index (χ1) is 15.9. The number of carbonyl (C=O) groups excluding carboxylic acids is 1. The lowest BCUT2D eigenvalue weighted by molar-refractivity contribution is -0.300. The molecule has 7 heteroatoms. The minimum Gasteiger partial charge on any atom is -0.468 e. The van der Waals surface area contributed by atoms with Crippen molar-refractivity contribution in [3.05, 3.63) is 71.8 Å². The molecule has 0 amide bonds. The molecule has 2 saturated heterocycles. The second kappa shape index (κ2) is 9.33. The first-order valence-corrected chi connectivity index (χ1v) is 11.0. The molecule has 0 N–H and O–H groups in total. The summed E-state index contributed by atoms with van der Waals surface area (Å²) in [6.45, 7) is 3.97. The minimum absolute atomic E-state index is 0.264. The van der Waals surface area contributed by atoms with E-state index in [1.807, 2.05) is 79.4 Å². The molecule has 0 aliphatic carbocycles. The normalized spacial score (nSPS) is 31.3. The Bertz CT molecular complexity index is 1060. The summed E-state index contributed by atoms with van der Waals surface area (Å²) < 4.78 is 17.6. The van der Waals surface area contributed by atoms with Crippen LogP contribution in [0.4, 0.5) is 0 Å². The SMILES string of the molecule is COC(=O)C1[C@@H](C#N)C(C#N)[C@@H](c2ccccc2)N1[C@H]1COC(C)(C)O[C@H]1c1ccccc1. The summed E-state index contributed by atoms with van der Waals surface area (Å²) in [6.07, 6.45) is -0.440. The first-order valence-electron chi connectivity index (χ1n) is 11.0. The van der Waals surface area contributed by atoms with Gasteiger partial charge in [-0.3, -0.25) is 9.69 Å². The average molecular weight is 446 g/mol. The zero-order valence-corrected chi connectivity index (χ0v) is 18.9. The second-order valence-corrected chi connectivity index (χ2v) is 8.81. The molecule has 0 bridgehead atoms. The van der Waals surface area contributed by atoms with E-state index < -0.39 is 47.8 Å². The molecular formula is C26H27N3O4. The van der Waals surface area contributed by atoms with Crippen LogP contribution < -0.4 is 0 Å². The summed E-state index contributed by atoms with van der Waals surface area (Å²) in [6, 6.07) is 21.9. The van der Waals surface area contributed by atoms with Crippen LogP contribution in [0.25, 0.3) is 0 Å². The highest BCUT2D eigenvalue weighted by atomic mass is 16.7. The van der Waals surface area contributed by atoms with Gasteiger partial charge in [-0.15, -0.1) is 0 Å². The van der Waals surface area contributed by atoms with Crippen LogP contribution >= 0.6 is 0 Å².